The van der Waals surface area contributed by atoms with Gasteiger partial charge < -0.3 is 71.0 Å². The fourth-order valence-corrected chi connectivity index (χ4v) is 4.75. The van der Waals surface area contributed by atoms with Crippen LogP contribution in [0.1, 0.15) is 6.42 Å². The molecule has 14 unspecified atom stereocenters. The Hall–Kier alpha value is -0.820. The fraction of sp³-hybridized carbons (Fsp3) is 0.900. The van der Waals surface area contributed by atoms with Crippen LogP contribution in [-0.2, 0) is 9.47 Å². The maximum atomic E-state index is 10.7. The van der Waals surface area contributed by atoms with E-state index in [0.717, 1.165) is 0 Å². The number of hydrogen-bond donors (Lipinski definition) is 12. The Morgan fingerprint density at radius 2 is 1.47 bits per heavy atom. The number of aliphatic hydroxyl groups excluding tert-OH is 11. The summed E-state index contributed by atoms with van der Waals surface area (Å²) >= 11 is 0. The lowest BCUT2D eigenvalue weighted by atomic mass is 9.78. The molecule has 14 heteroatoms. The zero-order valence-corrected chi connectivity index (χ0v) is 18.2. The molecule has 0 aromatic carbocycles. The minimum Gasteiger partial charge on any atom is -0.396 e. The minimum absolute atomic E-state index is 0.0129. The van der Waals surface area contributed by atoms with Crippen LogP contribution in [0.5, 0.6) is 0 Å². The van der Waals surface area contributed by atoms with Gasteiger partial charge in [0, 0.05) is 18.6 Å². The van der Waals surface area contributed by atoms with Crippen LogP contribution in [0.3, 0.4) is 0 Å². The van der Waals surface area contributed by atoms with Gasteiger partial charge in [0.2, 0.25) is 0 Å². The van der Waals surface area contributed by atoms with Gasteiger partial charge >= 0.3 is 0 Å². The SMILES string of the molecule is OCC1=CC(NC2CC(CO)C(O)C(O)C2OC2OC(CO)C(O)C(O)C2O)C(O)C(O)C1O. The Morgan fingerprint density at radius 1 is 0.794 bits per heavy atom. The van der Waals surface area contributed by atoms with E-state index in [1.54, 1.807) is 0 Å². The molecule has 2 fully saturated rings. The van der Waals surface area contributed by atoms with E-state index < -0.39 is 105 Å². The zero-order chi connectivity index (χ0) is 25.3. The monoisotopic (exact) mass is 497 g/mol. The predicted octanol–water partition coefficient (Wildman–Crippen LogP) is -6.75. The van der Waals surface area contributed by atoms with Crippen LogP contribution in [0.4, 0.5) is 0 Å². The Morgan fingerprint density at radius 3 is 2.06 bits per heavy atom. The molecule has 14 atom stereocenters. The Bertz CT molecular complexity index is 695. The summed E-state index contributed by atoms with van der Waals surface area (Å²) in [6.45, 7) is -1.81. The second-order valence-electron chi connectivity index (χ2n) is 9.08. The van der Waals surface area contributed by atoms with Crippen LogP contribution in [0.2, 0.25) is 0 Å². The van der Waals surface area contributed by atoms with Gasteiger partial charge in [-0.25, -0.2) is 0 Å². The molecule has 0 aromatic heterocycles. The van der Waals surface area contributed by atoms with Gasteiger partial charge in [0.15, 0.2) is 6.29 Å². The van der Waals surface area contributed by atoms with Crippen LogP contribution < -0.4 is 5.32 Å². The molecule has 0 spiro atoms. The number of nitrogens with one attached hydrogen (secondary N) is 1. The normalized spacial score (nSPS) is 50.1. The summed E-state index contributed by atoms with van der Waals surface area (Å²) in [6, 6.07) is -1.99. The second kappa shape index (κ2) is 11.5. The van der Waals surface area contributed by atoms with E-state index in [1.807, 2.05) is 0 Å². The van der Waals surface area contributed by atoms with E-state index >= 15 is 0 Å². The van der Waals surface area contributed by atoms with E-state index in [9.17, 15) is 56.2 Å². The molecule has 3 aliphatic rings. The van der Waals surface area contributed by atoms with Crippen LogP contribution >= 0.6 is 0 Å². The Balaban J connectivity index is 1.85. The van der Waals surface area contributed by atoms with Gasteiger partial charge in [-0.05, 0) is 12.0 Å². The highest BCUT2D eigenvalue weighted by Gasteiger charge is 2.50. The second-order valence-corrected chi connectivity index (χ2v) is 9.08. The maximum Gasteiger partial charge on any atom is 0.187 e. The number of ether oxygens (including phenoxy) is 2. The average molecular weight is 497 g/mol. The van der Waals surface area contributed by atoms with Gasteiger partial charge in [0.25, 0.3) is 0 Å². The van der Waals surface area contributed by atoms with E-state index in [0.29, 0.717) is 0 Å². The van der Waals surface area contributed by atoms with Crippen molar-refractivity contribution >= 4 is 0 Å². The average Bonchev–Trinajstić information content (AvgIpc) is 2.83. The molecular formula is C20H35NO13. The molecule has 34 heavy (non-hydrogen) atoms. The van der Waals surface area contributed by atoms with Gasteiger partial charge in [0.1, 0.15) is 54.9 Å². The minimum atomic E-state index is -1.78. The van der Waals surface area contributed by atoms with Gasteiger partial charge in [-0.2, -0.15) is 0 Å². The third kappa shape index (κ3) is 5.30. The van der Waals surface area contributed by atoms with Crippen LogP contribution in [0.15, 0.2) is 11.6 Å². The van der Waals surface area contributed by atoms with Crippen molar-refractivity contribution in [2.75, 3.05) is 19.8 Å². The Kier molecular flexibility index (Phi) is 9.38. The highest BCUT2D eigenvalue weighted by atomic mass is 16.7. The molecule has 1 aliphatic heterocycles. The lowest BCUT2D eigenvalue weighted by molar-refractivity contribution is -0.325. The highest BCUT2D eigenvalue weighted by molar-refractivity contribution is 5.22. The Labute approximate surface area is 194 Å². The summed E-state index contributed by atoms with van der Waals surface area (Å²) in [5, 5.41) is 113. The lowest BCUT2D eigenvalue weighted by Crippen LogP contribution is -2.66. The van der Waals surface area contributed by atoms with E-state index in [4.69, 9.17) is 9.47 Å². The van der Waals surface area contributed by atoms with Crippen molar-refractivity contribution in [1.29, 1.82) is 0 Å². The van der Waals surface area contributed by atoms with Crippen molar-refractivity contribution in [3.8, 4) is 0 Å². The molecule has 0 bridgehead atoms. The van der Waals surface area contributed by atoms with E-state index in [1.165, 1.54) is 6.08 Å². The lowest BCUT2D eigenvalue weighted by Gasteiger charge is -2.48. The largest absolute Gasteiger partial charge is 0.396 e. The summed E-state index contributed by atoms with van der Waals surface area (Å²) in [7, 11) is 0. The predicted molar refractivity (Wildman–Crippen MR) is 110 cm³/mol. The van der Waals surface area contributed by atoms with Gasteiger partial charge in [-0.15, -0.1) is 0 Å². The van der Waals surface area contributed by atoms with E-state index in [2.05, 4.69) is 5.32 Å². The molecule has 1 heterocycles. The third-order valence-corrected chi connectivity index (χ3v) is 6.90. The van der Waals surface area contributed by atoms with Crippen molar-refractivity contribution in [1.82, 2.24) is 5.32 Å². The topological polar surface area (TPSA) is 253 Å². The van der Waals surface area contributed by atoms with Crippen LogP contribution in [0.25, 0.3) is 0 Å². The van der Waals surface area contributed by atoms with Crippen molar-refractivity contribution in [3.63, 3.8) is 0 Å². The standard InChI is InChI=1S/C20H35NO13/c22-3-6-1-8(13(27)15(29)11(6)25)21-9-2-7(4-23)12(26)17(31)19(9)34-20-18(32)16(30)14(28)10(5-24)33-20/h1,7-32H,2-5H2. The molecule has 2 aliphatic carbocycles. The van der Waals surface area contributed by atoms with Gasteiger partial charge in [-0.3, -0.25) is 0 Å². The molecule has 12 N–H and O–H groups in total. The first-order chi connectivity index (χ1) is 16.0. The number of rotatable bonds is 7. The quantitative estimate of drug-likeness (QED) is 0.146. The molecule has 0 amide bonds. The highest BCUT2D eigenvalue weighted by Crippen LogP contribution is 2.32. The summed E-state index contributed by atoms with van der Waals surface area (Å²) in [5.74, 6) is -0.820. The molecule has 1 saturated carbocycles. The molecule has 198 valence electrons. The van der Waals surface area contributed by atoms with E-state index in [-0.39, 0.29) is 12.0 Å². The molecule has 0 radical (unpaired) electrons. The van der Waals surface area contributed by atoms with Crippen molar-refractivity contribution < 1.29 is 65.6 Å². The summed E-state index contributed by atoms with van der Waals surface area (Å²) < 4.78 is 11.0. The van der Waals surface area contributed by atoms with Crippen molar-refractivity contribution in [3.05, 3.63) is 11.6 Å². The smallest absolute Gasteiger partial charge is 0.187 e. The summed E-state index contributed by atoms with van der Waals surface area (Å²) in [6.07, 6.45) is -15.9. The molecule has 3 rings (SSSR count). The van der Waals surface area contributed by atoms with Crippen molar-refractivity contribution in [2.24, 2.45) is 5.92 Å². The maximum absolute atomic E-state index is 10.7. The number of hydrogen-bond acceptors (Lipinski definition) is 14. The molecule has 0 aromatic rings. The van der Waals surface area contributed by atoms with Crippen LogP contribution in [-0.4, -0.2) is 155 Å². The number of aliphatic hydroxyl groups is 11. The summed E-state index contributed by atoms with van der Waals surface area (Å²) in [5.41, 5.74) is 0.0387. The van der Waals surface area contributed by atoms with Gasteiger partial charge in [-0.1, -0.05) is 6.08 Å². The fourth-order valence-electron chi connectivity index (χ4n) is 4.75. The summed E-state index contributed by atoms with van der Waals surface area (Å²) in [4.78, 5) is 0. The van der Waals surface area contributed by atoms with Crippen LogP contribution in [0, 0.1) is 5.92 Å². The van der Waals surface area contributed by atoms with Crippen molar-refractivity contribution in [2.45, 2.75) is 85.8 Å². The third-order valence-electron chi connectivity index (χ3n) is 6.90. The first kappa shape index (κ1) is 27.8. The molecular weight excluding hydrogens is 462 g/mol. The van der Waals surface area contributed by atoms with Gasteiger partial charge in [0.05, 0.1) is 25.4 Å². The first-order valence-electron chi connectivity index (χ1n) is 11.1. The zero-order valence-electron chi connectivity index (χ0n) is 18.2. The molecule has 14 nitrogen and oxygen atoms in total. The first-order valence-corrected chi connectivity index (χ1v) is 11.1. The molecule has 1 saturated heterocycles.